The fraction of sp³-hybridized carbons (Fsp3) is 0.778. The van der Waals surface area contributed by atoms with Crippen molar-refractivity contribution in [1.29, 1.82) is 0 Å². The van der Waals surface area contributed by atoms with E-state index in [0.717, 1.165) is 0 Å². The molecule has 2 unspecified atom stereocenters. The molecule has 0 aliphatic carbocycles. The molecule has 2 aliphatic rings. The molecule has 3 amide bonds. The number of β-amino-alcohol motifs (C(OH)–C–C–N with tert-alkyl or cyclic N) is 1. The SMILES string of the molecule is O=C1NC(=O)C2NNN(C[C@H](O)[C@H](O)[C@H](O)CO)C2N1. The van der Waals surface area contributed by atoms with Crippen molar-refractivity contribution < 1.29 is 30.0 Å². The molecule has 114 valence electrons. The second-order valence-corrected chi connectivity index (χ2v) is 4.60. The zero-order chi connectivity index (χ0) is 14.9. The Bertz CT molecular complexity index is 395. The second kappa shape index (κ2) is 5.97. The number of hydrogen-bond acceptors (Lipinski definition) is 9. The maximum absolute atomic E-state index is 11.5. The van der Waals surface area contributed by atoms with Crippen LogP contribution in [0.25, 0.3) is 0 Å². The molecule has 2 fully saturated rings. The summed E-state index contributed by atoms with van der Waals surface area (Å²) in [7, 11) is 0. The van der Waals surface area contributed by atoms with Crippen molar-refractivity contribution in [1.82, 2.24) is 26.6 Å². The maximum atomic E-state index is 11.5. The monoisotopic (exact) mass is 291 g/mol. The number of hydrazine groups is 2. The molecule has 0 aromatic heterocycles. The van der Waals surface area contributed by atoms with Crippen molar-refractivity contribution in [2.45, 2.75) is 30.5 Å². The van der Waals surface area contributed by atoms with Gasteiger partial charge in [0, 0.05) is 6.54 Å². The van der Waals surface area contributed by atoms with Crippen LogP contribution in [0.1, 0.15) is 0 Å². The Balaban J connectivity index is 1.96. The van der Waals surface area contributed by atoms with Crippen molar-refractivity contribution in [3.63, 3.8) is 0 Å². The van der Waals surface area contributed by atoms with Gasteiger partial charge in [-0.3, -0.25) is 10.1 Å². The molecule has 2 saturated heterocycles. The highest BCUT2D eigenvalue weighted by atomic mass is 16.4. The van der Waals surface area contributed by atoms with E-state index in [2.05, 4.69) is 21.6 Å². The fourth-order valence-electron chi connectivity index (χ4n) is 2.04. The van der Waals surface area contributed by atoms with Gasteiger partial charge < -0.3 is 25.7 Å². The van der Waals surface area contributed by atoms with Gasteiger partial charge in [0.1, 0.15) is 24.4 Å². The zero-order valence-corrected chi connectivity index (χ0v) is 10.4. The molecular formula is C9H17N5O6. The lowest BCUT2D eigenvalue weighted by molar-refractivity contribution is -0.123. The molecular weight excluding hydrogens is 274 g/mol. The van der Waals surface area contributed by atoms with E-state index in [0.29, 0.717) is 0 Å². The molecule has 11 nitrogen and oxygen atoms in total. The number of rotatable bonds is 5. The smallest absolute Gasteiger partial charge is 0.322 e. The number of hydrogen-bond donors (Lipinski definition) is 8. The van der Waals surface area contributed by atoms with Gasteiger partial charge in [-0.05, 0) is 0 Å². The second-order valence-electron chi connectivity index (χ2n) is 4.60. The maximum Gasteiger partial charge on any atom is 0.322 e. The highest BCUT2D eigenvalue weighted by molar-refractivity contribution is 6.00. The van der Waals surface area contributed by atoms with Crippen LogP contribution >= 0.6 is 0 Å². The molecule has 2 aliphatic heterocycles. The largest absolute Gasteiger partial charge is 0.394 e. The summed E-state index contributed by atoms with van der Waals surface area (Å²) in [6.45, 7) is -0.894. The number of imide groups is 1. The van der Waals surface area contributed by atoms with Crippen LogP contribution in [0.15, 0.2) is 0 Å². The third-order valence-electron chi connectivity index (χ3n) is 3.17. The average molecular weight is 291 g/mol. The standard InChI is InChI=1S/C9H17N5O6/c15-2-4(17)6(18)3(16)1-14-7-5(12-13-14)8(19)11-9(20)10-7/h3-7,12-13,15-18H,1-2H2,(H2,10,11,19,20)/t3-,4+,5?,6-,7?/m0/s1. The molecule has 0 aromatic carbocycles. The molecule has 2 heterocycles. The number of nitrogens with one attached hydrogen (secondary N) is 4. The quantitative estimate of drug-likeness (QED) is 0.247. The molecule has 2 rings (SSSR count). The Hall–Kier alpha value is -1.34. The number of fused-ring (bicyclic) bond motifs is 1. The Kier molecular flexibility index (Phi) is 4.49. The predicted molar refractivity (Wildman–Crippen MR) is 62.3 cm³/mol. The lowest BCUT2D eigenvalue weighted by Crippen LogP contribution is -2.65. The normalized spacial score (nSPS) is 31.2. The lowest BCUT2D eigenvalue weighted by Gasteiger charge is -2.32. The minimum absolute atomic E-state index is 0.194. The van der Waals surface area contributed by atoms with Gasteiger partial charge in [-0.15, -0.1) is 0 Å². The lowest BCUT2D eigenvalue weighted by atomic mass is 10.1. The zero-order valence-electron chi connectivity index (χ0n) is 10.4. The Morgan fingerprint density at radius 2 is 1.90 bits per heavy atom. The van der Waals surface area contributed by atoms with Crippen molar-refractivity contribution in [3.05, 3.63) is 0 Å². The summed E-state index contributed by atoms with van der Waals surface area (Å²) >= 11 is 0. The molecule has 0 aromatic rings. The van der Waals surface area contributed by atoms with Gasteiger partial charge >= 0.3 is 6.03 Å². The number of carbonyl (C=O) groups excluding carboxylic acids is 2. The van der Waals surface area contributed by atoms with Gasteiger partial charge in [0.15, 0.2) is 0 Å². The first kappa shape index (κ1) is 15.1. The van der Waals surface area contributed by atoms with E-state index >= 15 is 0 Å². The van der Waals surface area contributed by atoms with Gasteiger partial charge in [0.25, 0.3) is 0 Å². The number of urea groups is 1. The highest BCUT2D eigenvalue weighted by Gasteiger charge is 2.44. The van der Waals surface area contributed by atoms with Crippen molar-refractivity contribution in [2.24, 2.45) is 0 Å². The number of amides is 3. The number of aliphatic hydroxyl groups is 4. The predicted octanol–water partition coefficient (Wildman–Crippen LogP) is -5.08. The molecule has 20 heavy (non-hydrogen) atoms. The number of nitrogens with zero attached hydrogens (tertiary/aromatic N) is 1. The summed E-state index contributed by atoms with van der Waals surface area (Å²) in [5.41, 5.74) is 5.20. The molecule has 0 radical (unpaired) electrons. The van der Waals surface area contributed by atoms with Crippen LogP contribution in [-0.2, 0) is 4.79 Å². The number of carbonyl (C=O) groups is 2. The number of aliphatic hydroxyl groups excluding tert-OH is 4. The minimum Gasteiger partial charge on any atom is -0.394 e. The van der Waals surface area contributed by atoms with Gasteiger partial charge in [-0.25, -0.2) is 15.2 Å². The van der Waals surface area contributed by atoms with Crippen molar-refractivity contribution >= 4 is 11.9 Å². The van der Waals surface area contributed by atoms with Crippen molar-refractivity contribution in [2.75, 3.05) is 13.2 Å². The summed E-state index contributed by atoms with van der Waals surface area (Å²) in [6.07, 6.45) is -5.19. The first-order valence-corrected chi connectivity index (χ1v) is 5.98. The highest BCUT2D eigenvalue weighted by Crippen LogP contribution is 2.11. The Morgan fingerprint density at radius 1 is 1.20 bits per heavy atom. The molecule has 0 spiro atoms. The van der Waals surface area contributed by atoms with Crippen LogP contribution in [0.3, 0.4) is 0 Å². The van der Waals surface area contributed by atoms with E-state index in [9.17, 15) is 24.9 Å². The van der Waals surface area contributed by atoms with E-state index in [-0.39, 0.29) is 6.54 Å². The Morgan fingerprint density at radius 3 is 2.55 bits per heavy atom. The first-order valence-electron chi connectivity index (χ1n) is 5.98. The topological polar surface area (TPSA) is 166 Å². The van der Waals surface area contributed by atoms with Gasteiger partial charge in [0.05, 0.1) is 12.7 Å². The van der Waals surface area contributed by atoms with Gasteiger partial charge in [-0.2, -0.15) is 5.53 Å². The first-order chi connectivity index (χ1) is 9.43. The third-order valence-corrected chi connectivity index (χ3v) is 3.17. The van der Waals surface area contributed by atoms with E-state index < -0.39 is 49.1 Å². The van der Waals surface area contributed by atoms with E-state index in [1.165, 1.54) is 5.01 Å². The summed E-state index contributed by atoms with van der Waals surface area (Å²) in [6, 6.07) is -1.42. The van der Waals surface area contributed by atoms with Gasteiger partial charge in [0.2, 0.25) is 5.91 Å². The molecule has 11 heteroatoms. The van der Waals surface area contributed by atoms with Crippen LogP contribution in [0.2, 0.25) is 0 Å². The molecule has 5 atom stereocenters. The third kappa shape index (κ3) is 2.88. The van der Waals surface area contributed by atoms with Crippen molar-refractivity contribution in [3.8, 4) is 0 Å². The van der Waals surface area contributed by atoms with Gasteiger partial charge in [-0.1, -0.05) is 0 Å². The van der Waals surface area contributed by atoms with E-state index in [4.69, 9.17) is 5.11 Å². The average Bonchev–Trinajstić information content (AvgIpc) is 2.80. The van der Waals surface area contributed by atoms with E-state index in [1.54, 1.807) is 0 Å². The Labute approximate surface area is 113 Å². The minimum atomic E-state index is -1.56. The summed E-state index contributed by atoms with van der Waals surface area (Å²) < 4.78 is 0. The summed E-state index contributed by atoms with van der Waals surface area (Å²) in [4.78, 5) is 22.7. The summed E-state index contributed by atoms with van der Waals surface area (Å²) in [5, 5.41) is 43.1. The fourth-order valence-corrected chi connectivity index (χ4v) is 2.04. The molecule has 0 saturated carbocycles. The van der Waals surface area contributed by atoms with Crippen LogP contribution in [0.5, 0.6) is 0 Å². The van der Waals surface area contributed by atoms with Crippen LogP contribution < -0.4 is 21.6 Å². The summed E-state index contributed by atoms with van der Waals surface area (Å²) in [5.74, 6) is -0.529. The van der Waals surface area contributed by atoms with E-state index in [1.807, 2.05) is 0 Å². The van der Waals surface area contributed by atoms with Crippen LogP contribution in [-0.4, -0.2) is 81.0 Å². The van der Waals surface area contributed by atoms with Crippen LogP contribution in [0, 0.1) is 0 Å². The van der Waals surface area contributed by atoms with Crippen LogP contribution in [0.4, 0.5) is 4.79 Å². The molecule has 0 bridgehead atoms. The molecule has 8 N–H and O–H groups in total.